The molecular weight excluding hydrogens is 240 g/mol. The quantitative estimate of drug-likeness (QED) is 0.229. The van der Waals surface area contributed by atoms with Gasteiger partial charge in [0.25, 0.3) is 0 Å². The zero-order chi connectivity index (χ0) is 14.7. The van der Waals surface area contributed by atoms with Gasteiger partial charge in [0, 0.05) is 0 Å². The summed E-state index contributed by atoms with van der Waals surface area (Å²) in [5, 5.41) is 0. The van der Waals surface area contributed by atoms with Crippen LogP contribution in [0.25, 0.3) is 0 Å². The van der Waals surface area contributed by atoms with Gasteiger partial charge in [0.05, 0.1) is 0 Å². The Morgan fingerprint density at radius 1 is 0.450 bits per heavy atom. The summed E-state index contributed by atoms with van der Waals surface area (Å²) in [7, 11) is 0. The molecule has 0 spiro atoms. The van der Waals surface area contributed by atoms with Crippen LogP contribution in [0.4, 0.5) is 0 Å². The molecule has 20 heavy (non-hydrogen) atoms. The van der Waals surface area contributed by atoms with Crippen molar-refractivity contribution in [2.45, 2.75) is 90.9 Å². The molecule has 0 atom stereocenters. The first kappa shape index (κ1) is 19.2. The van der Waals surface area contributed by atoms with Crippen LogP contribution in [-0.2, 0) is 0 Å². The van der Waals surface area contributed by atoms with Gasteiger partial charge < -0.3 is 0 Å². The van der Waals surface area contributed by atoms with Gasteiger partial charge in [-0.3, -0.25) is 0 Å². The number of hydrogen-bond acceptors (Lipinski definition) is 0. The fourth-order valence-electron chi connectivity index (χ4n) is 2.14. The highest BCUT2D eigenvalue weighted by atomic mass is 13.9. The zero-order valence-electron chi connectivity index (χ0n) is 13.9. The summed E-state index contributed by atoms with van der Waals surface area (Å²) in [4.78, 5) is 0. The van der Waals surface area contributed by atoms with E-state index < -0.39 is 0 Å². The summed E-state index contributed by atoms with van der Waals surface area (Å²) in [6.07, 6.45) is 29.5. The molecule has 0 saturated carbocycles. The fourth-order valence-corrected chi connectivity index (χ4v) is 2.14. The largest absolute Gasteiger partial charge is 0.0882 e. The van der Waals surface area contributed by atoms with Crippen molar-refractivity contribution >= 4 is 0 Å². The van der Waals surface area contributed by atoms with Crippen LogP contribution in [-0.4, -0.2) is 0 Å². The molecule has 0 aliphatic rings. The SMILES string of the molecule is CCCCC=CCC=CCC=CCCCCCCCC. The van der Waals surface area contributed by atoms with Crippen LogP contribution in [0.5, 0.6) is 0 Å². The van der Waals surface area contributed by atoms with Crippen LogP contribution in [0.15, 0.2) is 36.5 Å². The van der Waals surface area contributed by atoms with E-state index in [1.165, 1.54) is 64.2 Å². The second-order valence-corrected chi connectivity index (χ2v) is 5.58. The Kier molecular flexibility index (Phi) is 17.5. The molecule has 0 heteroatoms. The van der Waals surface area contributed by atoms with Gasteiger partial charge in [-0.1, -0.05) is 95.2 Å². The predicted molar refractivity (Wildman–Crippen MR) is 94.2 cm³/mol. The summed E-state index contributed by atoms with van der Waals surface area (Å²) in [5.74, 6) is 0. The van der Waals surface area contributed by atoms with E-state index in [-0.39, 0.29) is 0 Å². The molecule has 0 aliphatic heterocycles. The Morgan fingerprint density at radius 2 is 0.900 bits per heavy atom. The molecular formula is C20H36. The molecule has 0 bridgehead atoms. The van der Waals surface area contributed by atoms with E-state index in [2.05, 4.69) is 50.3 Å². The molecule has 0 aromatic rings. The lowest BCUT2D eigenvalue weighted by Gasteiger charge is -1.97. The van der Waals surface area contributed by atoms with Crippen molar-refractivity contribution in [2.75, 3.05) is 0 Å². The molecule has 0 rings (SSSR count). The second kappa shape index (κ2) is 18.2. The zero-order valence-corrected chi connectivity index (χ0v) is 13.9. The molecule has 0 heterocycles. The van der Waals surface area contributed by atoms with Gasteiger partial charge in [-0.25, -0.2) is 0 Å². The first-order valence-electron chi connectivity index (χ1n) is 8.86. The maximum Gasteiger partial charge on any atom is -0.0169 e. The van der Waals surface area contributed by atoms with Gasteiger partial charge in [0.2, 0.25) is 0 Å². The maximum atomic E-state index is 2.35. The van der Waals surface area contributed by atoms with Gasteiger partial charge in [-0.2, -0.15) is 0 Å². The van der Waals surface area contributed by atoms with E-state index in [1.54, 1.807) is 0 Å². The van der Waals surface area contributed by atoms with Crippen molar-refractivity contribution in [1.29, 1.82) is 0 Å². The van der Waals surface area contributed by atoms with Crippen LogP contribution in [0.2, 0.25) is 0 Å². The Hall–Kier alpha value is -0.780. The molecule has 0 unspecified atom stereocenters. The number of rotatable bonds is 14. The van der Waals surface area contributed by atoms with Crippen molar-refractivity contribution in [3.63, 3.8) is 0 Å². The van der Waals surface area contributed by atoms with Crippen molar-refractivity contribution in [2.24, 2.45) is 0 Å². The van der Waals surface area contributed by atoms with E-state index in [9.17, 15) is 0 Å². The highest BCUT2D eigenvalue weighted by molar-refractivity contribution is 4.97. The number of unbranched alkanes of at least 4 members (excludes halogenated alkanes) is 8. The van der Waals surface area contributed by atoms with E-state index >= 15 is 0 Å². The Balaban J connectivity index is 3.24. The van der Waals surface area contributed by atoms with Crippen LogP contribution < -0.4 is 0 Å². The van der Waals surface area contributed by atoms with Crippen molar-refractivity contribution in [3.8, 4) is 0 Å². The van der Waals surface area contributed by atoms with Gasteiger partial charge >= 0.3 is 0 Å². The van der Waals surface area contributed by atoms with Crippen LogP contribution in [0, 0.1) is 0 Å². The Morgan fingerprint density at radius 3 is 1.50 bits per heavy atom. The summed E-state index contributed by atoms with van der Waals surface area (Å²) < 4.78 is 0. The van der Waals surface area contributed by atoms with Gasteiger partial charge in [-0.05, 0) is 32.1 Å². The molecule has 116 valence electrons. The predicted octanol–water partition coefficient (Wildman–Crippen LogP) is 7.38. The highest BCUT2D eigenvalue weighted by Crippen LogP contribution is 2.07. The second-order valence-electron chi connectivity index (χ2n) is 5.58. The number of hydrogen-bond donors (Lipinski definition) is 0. The van der Waals surface area contributed by atoms with Gasteiger partial charge in [0.15, 0.2) is 0 Å². The lowest BCUT2D eigenvalue weighted by atomic mass is 10.1. The molecule has 0 aromatic heterocycles. The third-order valence-electron chi connectivity index (χ3n) is 3.49. The minimum atomic E-state index is 1.09. The highest BCUT2D eigenvalue weighted by Gasteiger charge is 1.87. The fraction of sp³-hybridized carbons (Fsp3) is 0.700. The summed E-state index contributed by atoms with van der Waals surface area (Å²) in [5.41, 5.74) is 0. The lowest BCUT2D eigenvalue weighted by molar-refractivity contribution is 0.611. The molecule has 0 saturated heterocycles. The minimum Gasteiger partial charge on any atom is -0.0882 e. The normalized spacial score (nSPS) is 12.3. The summed E-state index contributed by atoms with van der Waals surface area (Å²) in [6.45, 7) is 4.52. The lowest BCUT2D eigenvalue weighted by Crippen LogP contribution is -1.77. The van der Waals surface area contributed by atoms with Crippen LogP contribution >= 0.6 is 0 Å². The topological polar surface area (TPSA) is 0 Å². The summed E-state index contributed by atoms with van der Waals surface area (Å²) >= 11 is 0. The monoisotopic (exact) mass is 276 g/mol. The Labute approximate surface area is 128 Å². The molecule has 0 nitrogen and oxygen atoms in total. The maximum absolute atomic E-state index is 2.35. The average molecular weight is 277 g/mol. The molecule has 0 aromatic carbocycles. The molecule has 0 aliphatic carbocycles. The smallest absolute Gasteiger partial charge is 0.0169 e. The van der Waals surface area contributed by atoms with Gasteiger partial charge in [-0.15, -0.1) is 0 Å². The van der Waals surface area contributed by atoms with E-state index in [1.807, 2.05) is 0 Å². The molecule has 0 fully saturated rings. The molecule has 0 amide bonds. The molecule has 0 N–H and O–H groups in total. The van der Waals surface area contributed by atoms with E-state index in [4.69, 9.17) is 0 Å². The van der Waals surface area contributed by atoms with Crippen LogP contribution in [0.3, 0.4) is 0 Å². The van der Waals surface area contributed by atoms with Crippen molar-refractivity contribution < 1.29 is 0 Å². The van der Waals surface area contributed by atoms with E-state index in [0.29, 0.717) is 0 Å². The Bertz CT molecular complexity index is 245. The molecule has 0 radical (unpaired) electrons. The summed E-state index contributed by atoms with van der Waals surface area (Å²) in [6, 6.07) is 0. The van der Waals surface area contributed by atoms with Gasteiger partial charge in [0.1, 0.15) is 0 Å². The average Bonchev–Trinajstić information content (AvgIpc) is 2.47. The standard InChI is InChI=1S/C20H36/c1-3-5-7-9-11-13-15-17-19-20-18-16-14-12-10-8-6-4-2/h9,11,15,17-18,20H,3-8,10,12-14,16,19H2,1-2H3. The number of allylic oxidation sites excluding steroid dienone is 6. The van der Waals surface area contributed by atoms with Crippen LogP contribution in [0.1, 0.15) is 90.9 Å². The first-order chi connectivity index (χ1) is 9.91. The minimum absolute atomic E-state index is 1.09. The van der Waals surface area contributed by atoms with Crippen molar-refractivity contribution in [1.82, 2.24) is 0 Å². The first-order valence-corrected chi connectivity index (χ1v) is 8.86. The van der Waals surface area contributed by atoms with E-state index in [0.717, 1.165) is 12.8 Å². The third-order valence-corrected chi connectivity index (χ3v) is 3.49. The third kappa shape index (κ3) is 17.2. The van der Waals surface area contributed by atoms with Crippen molar-refractivity contribution in [3.05, 3.63) is 36.5 Å².